The normalized spacial score (nSPS) is 10.6. The fourth-order valence-corrected chi connectivity index (χ4v) is 1.13. The van der Waals surface area contributed by atoms with Crippen LogP contribution < -0.4 is 29.6 Å². The Hall–Kier alpha value is -0.140. The average Bonchev–Trinajstić information content (AvgIpc) is 1.92. The van der Waals surface area contributed by atoms with Gasteiger partial charge in [-0.3, -0.25) is 0 Å². The molecular weight excluding hydrogens is 210 g/mol. The van der Waals surface area contributed by atoms with E-state index in [-0.39, 0.29) is 29.6 Å². The predicted molar refractivity (Wildman–Crippen MR) is 36.0 cm³/mol. The van der Waals surface area contributed by atoms with Crippen molar-refractivity contribution in [1.29, 1.82) is 0 Å². The van der Waals surface area contributed by atoms with E-state index in [4.69, 9.17) is 5.11 Å². The third-order valence-corrected chi connectivity index (χ3v) is 2.04. The maximum atomic E-state index is 12.5. The Morgan fingerprint density at radius 1 is 1.38 bits per heavy atom. The molecule has 1 rings (SSSR count). The van der Waals surface area contributed by atoms with Gasteiger partial charge in [0.15, 0.2) is 11.6 Å². The summed E-state index contributed by atoms with van der Waals surface area (Å²) in [4.78, 5) is -0.696. The molecule has 7 heteroatoms. The van der Waals surface area contributed by atoms with Crippen LogP contribution in [0.15, 0.2) is 23.1 Å². The molecule has 1 aromatic carbocycles. The zero-order valence-electron chi connectivity index (χ0n) is 6.69. The molecule has 1 N–H and O–H groups in total. The molecule has 0 amide bonds. The number of rotatable bonds is 1. The molecule has 0 unspecified atom stereocenters. The average molecular weight is 214 g/mol. The van der Waals surface area contributed by atoms with Crippen molar-refractivity contribution >= 4 is 10.1 Å². The summed E-state index contributed by atoms with van der Waals surface area (Å²) in [5, 5.41) is 8.64. The van der Waals surface area contributed by atoms with Crippen LogP contribution >= 0.6 is 0 Å². The van der Waals surface area contributed by atoms with Crippen molar-refractivity contribution in [2.45, 2.75) is 4.90 Å². The largest absolute Gasteiger partial charge is 1.00 e. The van der Waals surface area contributed by atoms with Gasteiger partial charge in [-0.2, -0.15) is 0 Å². The van der Waals surface area contributed by atoms with Gasteiger partial charge in [0.05, 0.1) is 4.90 Å². The van der Waals surface area contributed by atoms with Gasteiger partial charge in [-0.1, -0.05) is 0 Å². The monoisotopic (exact) mass is 214 g/mol. The van der Waals surface area contributed by atoms with Gasteiger partial charge in [0.2, 0.25) is 0 Å². The standard InChI is InChI=1S/C6H5FO4S.Na/c7-5-3-4(12(9,10)11)1-2-6(5)8;/h1-3,8H,(H,9,10,11);/q;+1/p-1. The van der Waals surface area contributed by atoms with Crippen LogP contribution in [-0.2, 0) is 10.1 Å². The Morgan fingerprint density at radius 3 is 2.31 bits per heavy atom. The molecule has 0 spiro atoms. The molecule has 0 aliphatic heterocycles. The van der Waals surface area contributed by atoms with Gasteiger partial charge in [-0.25, -0.2) is 12.8 Å². The molecule has 66 valence electrons. The minimum Gasteiger partial charge on any atom is -0.744 e. The molecular formula is C6H4FNaO4S. The van der Waals surface area contributed by atoms with Crippen molar-refractivity contribution < 1.29 is 52.0 Å². The number of phenolic OH excluding ortho intramolecular Hbond substituents is 1. The first-order chi connectivity index (χ1) is 5.41. The Balaban J connectivity index is 0.00000144. The first kappa shape index (κ1) is 12.9. The summed E-state index contributed by atoms with van der Waals surface area (Å²) < 4.78 is 43.3. The third-order valence-electron chi connectivity index (χ3n) is 1.21. The van der Waals surface area contributed by atoms with E-state index in [9.17, 15) is 17.4 Å². The van der Waals surface area contributed by atoms with Crippen LogP contribution in [0.25, 0.3) is 0 Å². The fraction of sp³-hybridized carbons (Fsp3) is 0. The first-order valence-electron chi connectivity index (χ1n) is 2.85. The molecule has 0 saturated carbocycles. The van der Waals surface area contributed by atoms with Crippen LogP contribution in [0.1, 0.15) is 0 Å². The minimum atomic E-state index is -4.64. The van der Waals surface area contributed by atoms with E-state index in [1.165, 1.54) is 0 Å². The second kappa shape index (κ2) is 4.39. The Labute approximate surface area is 96.4 Å². The molecule has 0 aliphatic rings. The molecule has 0 aliphatic carbocycles. The van der Waals surface area contributed by atoms with E-state index in [1.54, 1.807) is 0 Å². The maximum absolute atomic E-state index is 12.5. The predicted octanol–water partition coefficient (Wildman–Crippen LogP) is -2.56. The summed E-state index contributed by atoms with van der Waals surface area (Å²) in [6.45, 7) is 0. The molecule has 0 fully saturated rings. The van der Waals surface area contributed by atoms with E-state index in [1.807, 2.05) is 0 Å². The van der Waals surface area contributed by atoms with Crippen LogP contribution in [0.4, 0.5) is 4.39 Å². The van der Waals surface area contributed by atoms with E-state index in [0.717, 1.165) is 12.1 Å². The van der Waals surface area contributed by atoms with Crippen LogP contribution in [-0.4, -0.2) is 18.1 Å². The quantitative estimate of drug-likeness (QED) is 0.412. The molecule has 13 heavy (non-hydrogen) atoms. The molecule has 0 saturated heterocycles. The van der Waals surface area contributed by atoms with Crippen molar-refractivity contribution in [3.8, 4) is 5.75 Å². The summed E-state index contributed by atoms with van der Waals surface area (Å²) in [5.74, 6) is -1.82. The van der Waals surface area contributed by atoms with E-state index in [0.29, 0.717) is 6.07 Å². The topological polar surface area (TPSA) is 77.4 Å². The van der Waals surface area contributed by atoms with E-state index < -0.39 is 26.6 Å². The second-order valence-electron chi connectivity index (χ2n) is 2.07. The number of benzene rings is 1. The van der Waals surface area contributed by atoms with Crippen LogP contribution in [0.5, 0.6) is 5.75 Å². The molecule has 0 aromatic heterocycles. The van der Waals surface area contributed by atoms with Gasteiger partial charge in [0, 0.05) is 0 Å². The zero-order valence-corrected chi connectivity index (χ0v) is 9.51. The minimum absolute atomic E-state index is 0. The van der Waals surface area contributed by atoms with Gasteiger partial charge >= 0.3 is 29.6 Å². The molecule has 4 nitrogen and oxygen atoms in total. The number of halogens is 1. The van der Waals surface area contributed by atoms with Crippen molar-refractivity contribution in [1.82, 2.24) is 0 Å². The van der Waals surface area contributed by atoms with Crippen molar-refractivity contribution in [3.63, 3.8) is 0 Å². The van der Waals surface area contributed by atoms with Gasteiger partial charge < -0.3 is 9.66 Å². The Kier molecular flexibility index (Phi) is 4.34. The number of phenols is 1. The van der Waals surface area contributed by atoms with Crippen molar-refractivity contribution in [2.24, 2.45) is 0 Å². The van der Waals surface area contributed by atoms with Crippen molar-refractivity contribution in [3.05, 3.63) is 24.0 Å². The van der Waals surface area contributed by atoms with Crippen LogP contribution in [0, 0.1) is 5.82 Å². The summed E-state index contributed by atoms with van der Waals surface area (Å²) in [6, 6.07) is 2.11. The zero-order chi connectivity index (χ0) is 9.35. The summed E-state index contributed by atoms with van der Waals surface area (Å²) in [7, 11) is -4.64. The summed E-state index contributed by atoms with van der Waals surface area (Å²) in [5.41, 5.74) is 0. The molecule has 0 atom stereocenters. The Morgan fingerprint density at radius 2 is 1.92 bits per heavy atom. The molecule has 0 bridgehead atoms. The van der Waals surface area contributed by atoms with Crippen molar-refractivity contribution in [2.75, 3.05) is 0 Å². The first-order valence-corrected chi connectivity index (χ1v) is 4.26. The van der Waals surface area contributed by atoms with E-state index in [2.05, 4.69) is 0 Å². The van der Waals surface area contributed by atoms with Gasteiger partial charge in [0.1, 0.15) is 10.1 Å². The summed E-state index contributed by atoms with van der Waals surface area (Å²) in [6.07, 6.45) is 0. The summed E-state index contributed by atoms with van der Waals surface area (Å²) >= 11 is 0. The number of hydrogen-bond donors (Lipinski definition) is 1. The maximum Gasteiger partial charge on any atom is 1.00 e. The third kappa shape index (κ3) is 3.24. The van der Waals surface area contributed by atoms with Gasteiger partial charge in [0.25, 0.3) is 0 Å². The van der Waals surface area contributed by atoms with Crippen LogP contribution in [0.2, 0.25) is 0 Å². The molecule has 0 heterocycles. The van der Waals surface area contributed by atoms with Crippen LogP contribution in [0.3, 0.4) is 0 Å². The van der Waals surface area contributed by atoms with Gasteiger partial charge in [-0.05, 0) is 18.2 Å². The smallest absolute Gasteiger partial charge is 0.744 e. The SMILES string of the molecule is O=S(=O)([O-])c1ccc(O)c(F)c1.[Na+]. The molecule has 1 aromatic rings. The number of aromatic hydroxyl groups is 1. The Bertz CT molecular complexity index is 403. The molecule has 0 radical (unpaired) electrons. The van der Waals surface area contributed by atoms with E-state index >= 15 is 0 Å². The van der Waals surface area contributed by atoms with Gasteiger partial charge in [-0.15, -0.1) is 0 Å². The second-order valence-corrected chi connectivity index (χ2v) is 3.45. The number of hydrogen-bond acceptors (Lipinski definition) is 4. The fourth-order valence-electron chi connectivity index (χ4n) is 0.643.